The molecule has 0 amide bonds. The highest BCUT2D eigenvalue weighted by molar-refractivity contribution is 5.87. The number of ether oxygens (including phenoxy) is 2. The van der Waals surface area contributed by atoms with E-state index in [0.717, 1.165) is 5.56 Å². The Hall–Kier alpha value is -4.20. The largest absolute Gasteiger partial charge is 0.482 e. The third kappa shape index (κ3) is 5.90. The molecule has 0 unspecified atom stereocenters. The van der Waals surface area contributed by atoms with Crippen molar-refractivity contribution in [2.45, 2.75) is 13.2 Å². The molecule has 0 N–H and O–H groups in total. The summed E-state index contributed by atoms with van der Waals surface area (Å²) >= 11 is 0. The van der Waals surface area contributed by atoms with Crippen LogP contribution < -0.4 is 10.2 Å². The Balaban J connectivity index is 1.51. The fraction of sp³-hybridized carbons (Fsp3) is 0.0909. The summed E-state index contributed by atoms with van der Waals surface area (Å²) in [5.74, 6) is -0.420. The minimum atomic E-state index is -0.652. The molecule has 1 heterocycles. The highest BCUT2D eigenvalue weighted by atomic mass is 16.6. The zero-order chi connectivity index (χ0) is 21.3. The maximum absolute atomic E-state index is 12.1. The third-order valence-corrected chi connectivity index (χ3v) is 3.96. The maximum Gasteiger partial charge on any atom is 0.331 e. The SMILES string of the molecule is O=C(/C=C/c1ccc([N+](=O)[O-])cc1)OCc1cc(=O)c(OCc2ccccc2)co1. The monoisotopic (exact) mass is 407 g/mol. The van der Waals surface area contributed by atoms with E-state index in [1.54, 1.807) is 0 Å². The molecule has 0 aliphatic carbocycles. The van der Waals surface area contributed by atoms with Gasteiger partial charge in [-0.15, -0.1) is 0 Å². The van der Waals surface area contributed by atoms with E-state index in [9.17, 15) is 19.7 Å². The van der Waals surface area contributed by atoms with Crippen molar-refractivity contribution in [1.82, 2.24) is 0 Å². The summed E-state index contributed by atoms with van der Waals surface area (Å²) in [5.41, 5.74) is 1.09. The minimum absolute atomic E-state index is 0.0408. The van der Waals surface area contributed by atoms with Gasteiger partial charge >= 0.3 is 5.97 Å². The van der Waals surface area contributed by atoms with Crippen molar-refractivity contribution in [1.29, 1.82) is 0 Å². The number of nitrogens with zero attached hydrogens (tertiary/aromatic N) is 1. The molecule has 3 rings (SSSR count). The highest BCUT2D eigenvalue weighted by Gasteiger charge is 2.08. The van der Waals surface area contributed by atoms with Gasteiger partial charge in [0.1, 0.15) is 25.2 Å². The second kappa shape index (κ2) is 9.83. The molecule has 2 aromatic carbocycles. The summed E-state index contributed by atoms with van der Waals surface area (Å²) < 4.78 is 15.8. The van der Waals surface area contributed by atoms with Crippen molar-refractivity contribution in [2.75, 3.05) is 0 Å². The Kier molecular flexibility index (Phi) is 6.73. The van der Waals surface area contributed by atoms with E-state index in [4.69, 9.17) is 13.9 Å². The van der Waals surface area contributed by atoms with Gasteiger partial charge in [0.25, 0.3) is 5.69 Å². The van der Waals surface area contributed by atoms with Gasteiger partial charge in [0, 0.05) is 24.3 Å². The molecule has 30 heavy (non-hydrogen) atoms. The van der Waals surface area contributed by atoms with Crippen LogP contribution in [0, 0.1) is 10.1 Å². The molecule has 0 saturated carbocycles. The molecule has 152 valence electrons. The van der Waals surface area contributed by atoms with Crippen LogP contribution in [0.5, 0.6) is 5.75 Å². The summed E-state index contributed by atoms with van der Waals surface area (Å²) in [4.78, 5) is 34.0. The Bertz CT molecular complexity index is 1100. The first-order valence-electron chi connectivity index (χ1n) is 8.89. The predicted octanol–water partition coefficient (Wildman–Crippen LogP) is 3.88. The maximum atomic E-state index is 12.1. The topological polar surface area (TPSA) is 109 Å². The average molecular weight is 407 g/mol. The molecular formula is C22H17NO7. The van der Waals surface area contributed by atoms with Crippen LogP contribution >= 0.6 is 0 Å². The zero-order valence-corrected chi connectivity index (χ0v) is 15.7. The van der Waals surface area contributed by atoms with E-state index in [0.29, 0.717) is 5.56 Å². The molecule has 3 aromatic rings. The van der Waals surface area contributed by atoms with E-state index in [1.165, 1.54) is 48.7 Å². The van der Waals surface area contributed by atoms with Crippen molar-refractivity contribution in [3.8, 4) is 5.75 Å². The molecule has 0 aliphatic heterocycles. The Labute approximate surface area is 171 Å². The van der Waals surface area contributed by atoms with Gasteiger partial charge in [0.2, 0.25) is 11.2 Å². The van der Waals surface area contributed by atoms with E-state index < -0.39 is 10.9 Å². The van der Waals surface area contributed by atoms with Crippen molar-refractivity contribution >= 4 is 17.7 Å². The van der Waals surface area contributed by atoms with Gasteiger partial charge in [-0.2, -0.15) is 0 Å². The summed E-state index contributed by atoms with van der Waals surface area (Å²) in [5, 5.41) is 10.6. The molecule has 0 radical (unpaired) electrons. The lowest BCUT2D eigenvalue weighted by Gasteiger charge is -2.06. The van der Waals surface area contributed by atoms with Gasteiger partial charge < -0.3 is 13.9 Å². The summed E-state index contributed by atoms with van der Waals surface area (Å²) in [7, 11) is 0. The molecule has 1 aromatic heterocycles. The van der Waals surface area contributed by atoms with E-state index in [-0.39, 0.29) is 35.8 Å². The Morgan fingerprint density at radius 3 is 2.47 bits per heavy atom. The van der Waals surface area contributed by atoms with E-state index in [2.05, 4.69) is 0 Å². The van der Waals surface area contributed by atoms with Crippen molar-refractivity contribution in [2.24, 2.45) is 0 Å². The zero-order valence-electron chi connectivity index (χ0n) is 15.7. The van der Waals surface area contributed by atoms with E-state index >= 15 is 0 Å². The Morgan fingerprint density at radius 2 is 1.80 bits per heavy atom. The van der Waals surface area contributed by atoms with Crippen molar-refractivity contribution in [3.63, 3.8) is 0 Å². The van der Waals surface area contributed by atoms with Gasteiger partial charge in [-0.1, -0.05) is 30.3 Å². The van der Waals surface area contributed by atoms with Crippen LogP contribution in [0.25, 0.3) is 6.08 Å². The van der Waals surface area contributed by atoms with Crippen molar-refractivity contribution in [3.05, 3.63) is 110 Å². The normalized spacial score (nSPS) is 10.7. The van der Waals surface area contributed by atoms with E-state index in [1.807, 2.05) is 30.3 Å². The summed E-state index contributed by atoms with van der Waals surface area (Å²) in [6, 6.07) is 16.3. The number of nitro benzene ring substituents is 1. The van der Waals surface area contributed by atoms with Crippen LogP contribution in [0.3, 0.4) is 0 Å². The number of hydrogen-bond donors (Lipinski definition) is 0. The molecule has 8 nitrogen and oxygen atoms in total. The Morgan fingerprint density at radius 1 is 1.07 bits per heavy atom. The summed E-state index contributed by atoms with van der Waals surface area (Å²) in [6.45, 7) is 0.00497. The minimum Gasteiger partial charge on any atom is -0.482 e. The number of rotatable bonds is 8. The van der Waals surface area contributed by atoms with Crippen LogP contribution in [0.15, 0.2) is 82.2 Å². The quantitative estimate of drug-likeness (QED) is 0.241. The van der Waals surface area contributed by atoms with Crippen LogP contribution in [0.1, 0.15) is 16.9 Å². The van der Waals surface area contributed by atoms with Crippen LogP contribution in [0.4, 0.5) is 5.69 Å². The second-order valence-electron chi connectivity index (χ2n) is 6.14. The molecule has 0 saturated heterocycles. The van der Waals surface area contributed by atoms with Crippen molar-refractivity contribution < 1.29 is 23.6 Å². The summed E-state index contributed by atoms with van der Waals surface area (Å²) in [6.07, 6.45) is 3.82. The average Bonchev–Trinajstić information content (AvgIpc) is 2.76. The smallest absolute Gasteiger partial charge is 0.331 e. The first-order valence-corrected chi connectivity index (χ1v) is 8.89. The van der Waals surface area contributed by atoms with Gasteiger partial charge in [-0.25, -0.2) is 4.79 Å². The van der Waals surface area contributed by atoms with Gasteiger partial charge in [-0.3, -0.25) is 14.9 Å². The molecule has 0 aliphatic rings. The number of carbonyl (C=O) groups is 1. The molecule has 0 bridgehead atoms. The third-order valence-electron chi connectivity index (χ3n) is 3.96. The lowest BCUT2D eigenvalue weighted by molar-refractivity contribution is -0.384. The lowest BCUT2D eigenvalue weighted by atomic mass is 10.2. The first kappa shape index (κ1) is 20.5. The van der Waals surface area contributed by atoms with Gasteiger partial charge in [0.05, 0.1) is 4.92 Å². The van der Waals surface area contributed by atoms with Crippen LogP contribution in [-0.2, 0) is 22.7 Å². The van der Waals surface area contributed by atoms with Gasteiger partial charge in [0.15, 0.2) is 0 Å². The number of benzene rings is 2. The fourth-order valence-electron chi connectivity index (χ4n) is 2.42. The fourth-order valence-corrected chi connectivity index (χ4v) is 2.42. The van der Waals surface area contributed by atoms with Crippen LogP contribution in [-0.4, -0.2) is 10.9 Å². The number of esters is 1. The molecule has 8 heteroatoms. The molecule has 0 fully saturated rings. The number of non-ortho nitro benzene ring substituents is 1. The predicted molar refractivity (Wildman–Crippen MR) is 108 cm³/mol. The lowest BCUT2D eigenvalue weighted by Crippen LogP contribution is -2.09. The first-order chi connectivity index (χ1) is 14.5. The number of hydrogen-bond acceptors (Lipinski definition) is 7. The number of carbonyl (C=O) groups excluding carboxylic acids is 1. The second-order valence-corrected chi connectivity index (χ2v) is 6.14. The highest BCUT2D eigenvalue weighted by Crippen LogP contribution is 2.13. The molecule has 0 atom stereocenters. The van der Waals surface area contributed by atoms with Crippen LogP contribution in [0.2, 0.25) is 0 Å². The number of nitro groups is 1. The standard InChI is InChI=1S/C22H17NO7/c24-20-12-19(28-15-21(20)29-13-17-4-2-1-3-5-17)14-30-22(25)11-8-16-6-9-18(10-7-16)23(26)27/h1-12,15H,13-14H2/b11-8+. The molecule has 0 spiro atoms. The molecular weight excluding hydrogens is 390 g/mol. The van der Waals surface area contributed by atoms with Gasteiger partial charge in [-0.05, 0) is 29.3 Å².